The number of carboxylic acid groups (broad SMARTS) is 1. The van der Waals surface area contributed by atoms with Crippen molar-refractivity contribution < 1.29 is 19.8 Å². The van der Waals surface area contributed by atoms with Crippen LogP contribution in [0.4, 0.5) is 10.5 Å². The molecule has 1 aromatic carbocycles. The zero-order valence-corrected chi connectivity index (χ0v) is 10.6. The Hall–Kier alpha value is -3.08. The Labute approximate surface area is 114 Å². The van der Waals surface area contributed by atoms with E-state index in [1.807, 2.05) is 0 Å². The summed E-state index contributed by atoms with van der Waals surface area (Å²) in [6.45, 7) is 1.48. The molecule has 0 heterocycles. The van der Waals surface area contributed by atoms with Crippen LogP contribution in [0.15, 0.2) is 29.4 Å². The Morgan fingerprint density at radius 3 is 2.45 bits per heavy atom. The SMILES string of the molecule is CCN(C(=O)O)C(=O)C=NN(C#N)c1ccc(O)cc1. The van der Waals surface area contributed by atoms with Gasteiger partial charge in [0.15, 0.2) is 0 Å². The van der Waals surface area contributed by atoms with E-state index >= 15 is 0 Å². The van der Waals surface area contributed by atoms with Crippen molar-refractivity contribution in [2.45, 2.75) is 6.92 Å². The summed E-state index contributed by atoms with van der Waals surface area (Å²) in [4.78, 5) is 22.8. The zero-order valence-electron chi connectivity index (χ0n) is 10.6. The summed E-state index contributed by atoms with van der Waals surface area (Å²) in [5.74, 6) is -0.825. The summed E-state index contributed by atoms with van der Waals surface area (Å²) in [7, 11) is 0. The Morgan fingerprint density at radius 2 is 2.00 bits per heavy atom. The van der Waals surface area contributed by atoms with Gasteiger partial charge in [-0.15, -0.1) is 0 Å². The number of rotatable bonds is 4. The fourth-order valence-electron chi connectivity index (χ4n) is 1.31. The number of hydrogen-bond acceptors (Lipinski definition) is 6. The Balaban J connectivity index is 2.86. The molecule has 0 saturated heterocycles. The summed E-state index contributed by atoms with van der Waals surface area (Å²) < 4.78 is 0. The topological polar surface area (TPSA) is 117 Å². The minimum absolute atomic E-state index is 0.0219. The number of carbonyl (C=O) groups excluding carboxylic acids is 1. The first-order valence-corrected chi connectivity index (χ1v) is 5.57. The predicted molar refractivity (Wildman–Crippen MR) is 70.1 cm³/mol. The molecule has 20 heavy (non-hydrogen) atoms. The summed E-state index contributed by atoms with van der Waals surface area (Å²) in [6, 6.07) is 5.56. The molecule has 0 saturated carbocycles. The standard InChI is InChI=1S/C12H12N4O4/c1-2-15(12(19)20)11(18)7-14-16(8-13)9-3-5-10(17)6-4-9/h3-7,17H,2H2,1H3,(H,19,20). The Morgan fingerprint density at radius 1 is 1.40 bits per heavy atom. The molecule has 0 radical (unpaired) electrons. The molecule has 8 heteroatoms. The molecule has 1 aromatic rings. The molecule has 0 atom stereocenters. The molecule has 0 aliphatic heterocycles. The van der Waals surface area contributed by atoms with E-state index < -0.39 is 12.0 Å². The zero-order chi connectivity index (χ0) is 15.1. The van der Waals surface area contributed by atoms with Gasteiger partial charge in [0.1, 0.15) is 12.0 Å². The number of phenols is 1. The number of aromatic hydroxyl groups is 1. The molecule has 0 fully saturated rings. The van der Waals surface area contributed by atoms with Crippen molar-refractivity contribution in [2.75, 3.05) is 11.6 Å². The molecular weight excluding hydrogens is 264 g/mol. The number of benzene rings is 1. The van der Waals surface area contributed by atoms with Crippen LogP contribution in [0.3, 0.4) is 0 Å². The number of imide groups is 1. The van der Waals surface area contributed by atoms with Crippen LogP contribution < -0.4 is 5.01 Å². The third kappa shape index (κ3) is 3.71. The lowest BCUT2D eigenvalue weighted by Gasteiger charge is -2.12. The van der Waals surface area contributed by atoms with Crippen LogP contribution in [-0.4, -0.2) is 39.9 Å². The first kappa shape index (κ1) is 15.0. The molecule has 0 unspecified atom stereocenters. The number of phenolic OH excluding ortho intramolecular Hbond substituents is 1. The van der Waals surface area contributed by atoms with Crippen molar-refractivity contribution in [3.8, 4) is 11.9 Å². The van der Waals surface area contributed by atoms with Crippen LogP contribution in [0, 0.1) is 11.5 Å². The van der Waals surface area contributed by atoms with Gasteiger partial charge in [-0.05, 0) is 31.2 Å². The number of hydrogen-bond donors (Lipinski definition) is 2. The van der Waals surface area contributed by atoms with Crippen LogP contribution in [0.1, 0.15) is 6.92 Å². The highest BCUT2D eigenvalue weighted by molar-refractivity contribution is 6.29. The minimum atomic E-state index is -1.39. The number of amides is 2. The fourth-order valence-corrected chi connectivity index (χ4v) is 1.31. The maximum absolute atomic E-state index is 11.5. The summed E-state index contributed by atoms with van der Waals surface area (Å²) in [5, 5.41) is 31.2. The lowest BCUT2D eigenvalue weighted by atomic mass is 10.3. The van der Waals surface area contributed by atoms with Crippen LogP contribution in [0.5, 0.6) is 5.75 Å². The van der Waals surface area contributed by atoms with E-state index in [1.165, 1.54) is 31.2 Å². The molecule has 0 bridgehead atoms. The molecule has 0 spiro atoms. The molecule has 0 aliphatic rings. The highest BCUT2D eigenvalue weighted by Crippen LogP contribution is 2.17. The smallest absolute Gasteiger partial charge is 0.414 e. The number of nitriles is 1. The summed E-state index contributed by atoms with van der Waals surface area (Å²) >= 11 is 0. The van der Waals surface area contributed by atoms with E-state index in [0.717, 1.165) is 11.2 Å². The maximum atomic E-state index is 11.5. The van der Waals surface area contributed by atoms with Crippen molar-refractivity contribution in [2.24, 2.45) is 5.10 Å². The van der Waals surface area contributed by atoms with E-state index in [-0.39, 0.29) is 12.3 Å². The third-order valence-corrected chi connectivity index (χ3v) is 2.29. The molecular formula is C12H12N4O4. The first-order valence-electron chi connectivity index (χ1n) is 5.57. The number of carbonyl (C=O) groups is 2. The van der Waals surface area contributed by atoms with Crippen LogP contribution >= 0.6 is 0 Å². The third-order valence-electron chi connectivity index (χ3n) is 2.29. The van der Waals surface area contributed by atoms with E-state index in [1.54, 1.807) is 6.19 Å². The van der Waals surface area contributed by atoms with E-state index in [9.17, 15) is 9.59 Å². The van der Waals surface area contributed by atoms with Crippen LogP contribution in [0.2, 0.25) is 0 Å². The first-order chi connectivity index (χ1) is 9.49. The van der Waals surface area contributed by atoms with Gasteiger partial charge in [0, 0.05) is 6.54 Å². The quantitative estimate of drug-likeness (QED) is 0.369. The van der Waals surface area contributed by atoms with Gasteiger partial charge < -0.3 is 10.2 Å². The van der Waals surface area contributed by atoms with Crippen LogP contribution in [-0.2, 0) is 4.79 Å². The number of anilines is 1. The van der Waals surface area contributed by atoms with Gasteiger partial charge in [-0.25, -0.2) is 9.69 Å². The van der Waals surface area contributed by atoms with Crippen molar-refractivity contribution in [1.29, 1.82) is 5.26 Å². The van der Waals surface area contributed by atoms with Gasteiger partial charge in [0.25, 0.3) is 5.91 Å². The van der Waals surface area contributed by atoms with Gasteiger partial charge in [-0.2, -0.15) is 15.4 Å². The normalized spacial score (nSPS) is 10.0. The average molecular weight is 276 g/mol. The van der Waals surface area contributed by atoms with Gasteiger partial charge >= 0.3 is 6.09 Å². The van der Waals surface area contributed by atoms with Crippen molar-refractivity contribution in [1.82, 2.24) is 4.90 Å². The van der Waals surface area contributed by atoms with E-state index in [2.05, 4.69) is 5.10 Å². The van der Waals surface area contributed by atoms with Gasteiger partial charge in [0.05, 0.1) is 5.69 Å². The average Bonchev–Trinajstić information content (AvgIpc) is 2.41. The summed E-state index contributed by atoms with van der Waals surface area (Å²) in [5.41, 5.74) is 0.327. The maximum Gasteiger partial charge on any atom is 0.414 e. The van der Waals surface area contributed by atoms with E-state index in [0.29, 0.717) is 10.6 Å². The lowest BCUT2D eigenvalue weighted by Crippen LogP contribution is -2.36. The Bertz CT molecular complexity index is 562. The molecule has 8 nitrogen and oxygen atoms in total. The minimum Gasteiger partial charge on any atom is -0.508 e. The molecule has 104 valence electrons. The molecule has 2 amide bonds. The number of hydrazone groups is 1. The van der Waals surface area contributed by atoms with Crippen molar-refractivity contribution >= 4 is 23.9 Å². The highest BCUT2D eigenvalue weighted by Gasteiger charge is 2.16. The molecule has 0 aliphatic carbocycles. The molecule has 2 N–H and O–H groups in total. The molecule has 1 rings (SSSR count). The van der Waals surface area contributed by atoms with Crippen molar-refractivity contribution in [3.05, 3.63) is 24.3 Å². The molecule has 0 aromatic heterocycles. The highest BCUT2D eigenvalue weighted by atomic mass is 16.4. The van der Waals surface area contributed by atoms with Gasteiger partial charge in [-0.3, -0.25) is 4.79 Å². The second-order valence-corrected chi connectivity index (χ2v) is 3.54. The lowest BCUT2D eigenvalue weighted by molar-refractivity contribution is -0.121. The monoisotopic (exact) mass is 276 g/mol. The van der Waals surface area contributed by atoms with Gasteiger partial charge in [0.2, 0.25) is 6.19 Å². The van der Waals surface area contributed by atoms with E-state index in [4.69, 9.17) is 15.5 Å². The van der Waals surface area contributed by atoms with Crippen molar-refractivity contribution in [3.63, 3.8) is 0 Å². The predicted octanol–water partition coefficient (Wildman–Crippen LogP) is 1.19. The van der Waals surface area contributed by atoms with Gasteiger partial charge in [-0.1, -0.05) is 0 Å². The fraction of sp³-hybridized carbons (Fsp3) is 0.167. The summed E-state index contributed by atoms with van der Waals surface area (Å²) in [6.07, 6.45) is 1.07. The largest absolute Gasteiger partial charge is 0.508 e. The Kier molecular flexibility index (Phi) is 5.05. The van der Waals surface area contributed by atoms with Crippen LogP contribution in [0.25, 0.3) is 0 Å². The second kappa shape index (κ2) is 6.75. The second-order valence-electron chi connectivity index (χ2n) is 3.54. The number of nitrogens with zero attached hydrogens (tertiary/aromatic N) is 4.